The number of imidazole rings is 1. The Morgan fingerprint density at radius 2 is 2.10 bits per heavy atom. The number of aromatic amines is 1. The van der Waals surface area contributed by atoms with E-state index in [1.807, 2.05) is 35.7 Å². The molecule has 106 valence electrons. The minimum atomic E-state index is 0.749. The number of nitrogens with one attached hydrogen (secondary N) is 1. The maximum atomic E-state index is 5.44. The molecule has 0 spiro atoms. The molecule has 3 aromatic rings. The Hall–Kier alpha value is -1.89. The summed E-state index contributed by atoms with van der Waals surface area (Å²) in [6, 6.07) is 2.04. The minimum absolute atomic E-state index is 0.749. The van der Waals surface area contributed by atoms with Crippen LogP contribution in [0.25, 0.3) is 11.2 Å². The molecular formula is C13H18N6S. The Bertz CT molecular complexity index is 803. The number of fused-ring (bicyclic) bond motifs is 1. The van der Waals surface area contributed by atoms with Crippen molar-refractivity contribution in [1.82, 2.24) is 29.1 Å². The van der Waals surface area contributed by atoms with Gasteiger partial charge in [0.25, 0.3) is 0 Å². The van der Waals surface area contributed by atoms with Gasteiger partial charge in [0.05, 0.1) is 11.4 Å². The highest BCUT2D eigenvalue weighted by molar-refractivity contribution is 7.71. The first-order chi connectivity index (χ1) is 9.60. The Balaban J connectivity index is 1.96. The number of rotatable bonds is 4. The monoisotopic (exact) mass is 290 g/mol. The topological polar surface area (TPSA) is 56.4 Å². The molecule has 0 unspecified atom stereocenters. The van der Waals surface area contributed by atoms with Crippen LogP contribution in [0.3, 0.4) is 0 Å². The Morgan fingerprint density at radius 1 is 1.30 bits per heavy atom. The van der Waals surface area contributed by atoms with Gasteiger partial charge < -0.3 is 9.55 Å². The van der Waals surface area contributed by atoms with Crippen molar-refractivity contribution in [2.24, 2.45) is 14.1 Å². The summed E-state index contributed by atoms with van der Waals surface area (Å²) in [7, 11) is 3.89. The van der Waals surface area contributed by atoms with Crippen LogP contribution in [0.2, 0.25) is 0 Å². The van der Waals surface area contributed by atoms with Crippen LogP contribution < -0.4 is 0 Å². The minimum Gasteiger partial charge on any atom is -0.328 e. The van der Waals surface area contributed by atoms with Gasteiger partial charge in [0.2, 0.25) is 0 Å². The highest BCUT2D eigenvalue weighted by Gasteiger charge is 2.14. The summed E-state index contributed by atoms with van der Waals surface area (Å²) in [6.45, 7) is 2.91. The standard InChI is InChI=1S/C13H18N6S/c1-4-10-11-12(18(3)16-10)19(13(20)14-11)8-6-9-5-7-17(2)15-9/h5,7H,4,6,8H2,1-3H3,(H,14,20). The van der Waals surface area contributed by atoms with Crippen LogP contribution in [0, 0.1) is 4.77 Å². The van der Waals surface area contributed by atoms with Crippen LogP contribution in [0.4, 0.5) is 0 Å². The molecule has 0 amide bonds. The van der Waals surface area contributed by atoms with E-state index < -0.39 is 0 Å². The van der Waals surface area contributed by atoms with Crippen molar-refractivity contribution < 1.29 is 0 Å². The van der Waals surface area contributed by atoms with E-state index >= 15 is 0 Å². The lowest BCUT2D eigenvalue weighted by Crippen LogP contribution is -2.06. The lowest BCUT2D eigenvalue weighted by Gasteiger charge is -2.03. The molecule has 0 saturated carbocycles. The van der Waals surface area contributed by atoms with E-state index in [1.54, 1.807) is 0 Å². The first-order valence-corrected chi connectivity index (χ1v) is 7.14. The predicted octanol–water partition coefficient (Wildman–Crippen LogP) is 1.97. The maximum Gasteiger partial charge on any atom is 0.179 e. The number of aryl methyl sites for hydroxylation is 5. The van der Waals surface area contributed by atoms with Crippen molar-refractivity contribution in [3.05, 3.63) is 28.4 Å². The van der Waals surface area contributed by atoms with Crippen LogP contribution in [-0.2, 0) is 33.5 Å². The third kappa shape index (κ3) is 2.07. The molecule has 0 aromatic carbocycles. The summed E-state index contributed by atoms with van der Waals surface area (Å²) in [5.74, 6) is 0. The molecule has 3 rings (SSSR count). The lowest BCUT2D eigenvalue weighted by atomic mass is 10.3. The van der Waals surface area contributed by atoms with E-state index in [9.17, 15) is 0 Å². The van der Waals surface area contributed by atoms with E-state index in [-0.39, 0.29) is 0 Å². The molecule has 20 heavy (non-hydrogen) atoms. The SMILES string of the molecule is CCc1nn(C)c2c1[nH]c(=S)n2CCc1ccn(C)n1. The molecule has 0 atom stereocenters. The summed E-state index contributed by atoms with van der Waals surface area (Å²) in [4.78, 5) is 3.28. The average molecular weight is 290 g/mol. The molecule has 0 aliphatic rings. The molecule has 0 fully saturated rings. The zero-order valence-electron chi connectivity index (χ0n) is 11.9. The average Bonchev–Trinajstić information content (AvgIpc) is 3.04. The number of H-pyrrole nitrogens is 1. The lowest BCUT2D eigenvalue weighted by molar-refractivity contribution is 0.645. The molecule has 0 bridgehead atoms. The zero-order valence-corrected chi connectivity index (χ0v) is 12.7. The van der Waals surface area contributed by atoms with Crippen LogP contribution >= 0.6 is 12.2 Å². The molecular weight excluding hydrogens is 272 g/mol. The molecule has 0 saturated heterocycles. The van der Waals surface area contributed by atoms with Gasteiger partial charge in [0.15, 0.2) is 10.4 Å². The molecule has 0 aliphatic heterocycles. The third-order valence-corrected chi connectivity index (χ3v) is 3.84. The van der Waals surface area contributed by atoms with Crippen LogP contribution in [0.5, 0.6) is 0 Å². The fraction of sp³-hybridized carbons (Fsp3) is 0.462. The van der Waals surface area contributed by atoms with Crippen molar-refractivity contribution >= 4 is 23.4 Å². The second kappa shape index (κ2) is 4.90. The van der Waals surface area contributed by atoms with Crippen molar-refractivity contribution in [3.8, 4) is 0 Å². The van der Waals surface area contributed by atoms with E-state index in [0.29, 0.717) is 0 Å². The molecule has 0 aliphatic carbocycles. The van der Waals surface area contributed by atoms with Crippen LogP contribution in [-0.4, -0.2) is 29.1 Å². The third-order valence-electron chi connectivity index (χ3n) is 3.52. The Morgan fingerprint density at radius 3 is 2.75 bits per heavy atom. The van der Waals surface area contributed by atoms with Gasteiger partial charge in [0, 0.05) is 33.3 Å². The largest absolute Gasteiger partial charge is 0.328 e. The van der Waals surface area contributed by atoms with Crippen molar-refractivity contribution in [2.75, 3.05) is 0 Å². The van der Waals surface area contributed by atoms with Crippen LogP contribution in [0.15, 0.2) is 12.3 Å². The Labute approximate surface area is 122 Å². The summed E-state index contributed by atoms with van der Waals surface area (Å²) in [6.07, 6.45) is 3.71. The van der Waals surface area contributed by atoms with Crippen molar-refractivity contribution in [2.45, 2.75) is 26.3 Å². The molecule has 6 nitrogen and oxygen atoms in total. The number of hydrogen-bond donors (Lipinski definition) is 1. The number of hydrogen-bond acceptors (Lipinski definition) is 3. The summed E-state index contributed by atoms with van der Waals surface area (Å²) < 4.78 is 6.57. The number of nitrogens with zero attached hydrogens (tertiary/aromatic N) is 5. The van der Waals surface area contributed by atoms with E-state index in [1.165, 1.54) is 0 Å². The van der Waals surface area contributed by atoms with Crippen molar-refractivity contribution in [1.29, 1.82) is 0 Å². The van der Waals surface area contributed by atoms with Gasteiger partial charge in [-0.25, -0.2) is 0 Å². The molecule has 3 heterocycles. The summed E-state index contributed by atoms with van der Waals surface area (Å²) in [5, 5.41) is 8.93. The van der Waals surface area contributed by atoms with Gasteiger partial charge in [-0.1, -0.05) is 6.92 Å². The fourth-order valence-electron chi connectivity index (χ4n) is 2.56. The van der Waals surface area contributed by atoms with Gasteiger partial charge in [-0.2, -0.15) is 10.2 Å². The second-order valence-corrected chi connectivity index (χ2v) is 5.32. The van der Waals surface area contributed by atoms with Gasteiger partial charge in [0.1, 0.15) is 5.52 Å². The molecule has 1 N–H and O–H groups in total. The van der Waals surface area contributed by atoms with E-state index in [4.69, 9.17) is 12.2 Å². The van der Waals surface area contributed by atoms with Gasteiger partial charge >= 0.3 is 0 Å². The normalized spacial score (nSPS) is 11.6. The maximum absolute atomic E-state index is 5.44. The highest BCUT2D eigenvalue weighted by atomic mass is 32.1. The van der Waals surface area contributed by atoms with Gasteiger partial charge in [-0.15, -0.1) is 0 Å². The first-order valence-electron chi connectivity index (χ1n) is 6.73. The second-order valence-electron chi connectivity index (χ2n) is 4.93. The zero-order chi connectivity index (χ0) is 14.3. The molecule has 7 heteroatoms. The highest BCUT2D eigenvalue weighted by Crippen LogP contribution is 2.18. The summed E-state index contributed by atoms with van der Waals surface area (Å²) in [5.41, 5.74) is 4.25. The Kier molecular flexibility index (Phi) is 3.21. The summed E-state index contributed by atoms with van der Waals surface area (Å²) >= 11 is 5.44. The first kappa shape index (κ1) is 13.1. The number of aromatic nitrogens is 6. The van der Waals surface area contributed by atoms with Crippen LogP contribution in [0.1, 0.15) is 18.3 Å². The van der Waals surface area contributed by atoms with E-state index in [2.05, 4.69) is 26.7 Å². The van der Waals surface area contributed by atoms with Crippen molar-refractivity contribution in [3.63, 3.8) is 0 Å². The van der Waals surface area contributed by atoms with E-state index in [0.717, 1.165) is 46.7 Å². The molecule has 0 radical (unpaired) electrons. The van der Waals surface area contributed by atoms with Gasteiger partial charge in [-0.05, 0) is 24.7 Å². The van der Waals surface area contributed by atoms with Gasteiger partial charge in [-0.3, -0.25) is 9.36 Å². The quantitative estimate of drug-likeness (QED) is 0.747. The predicted molar refractivity (Wildman–Crippen MR) is 80.2 cm³/mol. The fourth-order valence-corrected chi connectivity index (χ4v) is 2.84. The molecule has 3 aromatic heterocycles. The smallest absolute Gasteiger partial charge is 0.179 e.